The van der Waals surface area contributed by atoms with Crippen LogP contribution in [0.5, 0.6) is 0 Å². The van der Waals surface area contributed by atoms with E-state index < -0.39 is 10.0 Å². The van der Waals surface area contributed by atoms with Gasteiger partial charge in [-0.1, -0.05) is 25.1 Å². The highest BCUT2D eigenvalue weighted by atomic mass is 32.2. The maximum absolute atomic E-state index is 12.5. The van der Waals surface area contributed by atoms with Crippen LogP contribution in [0, 0.1) is 0 Å². The molecule has 1 aromatic rings. The third-order valence-electron chi connectivity index (χ3n) is 4.04. The number of rotatable bonds is 7. The summed E-state index contributed by atoms with van der Waals surface area (Å²) in [5.74, 6) is 0. The summed E-state index contributed by atoms with van der Waals surface area (Å²) in [6.07, 6.45) is 2.21. The second kappa shape index (κ2) is 7.35. The van der Waals surface area contributed by atoms with Gasteiger partial charge < -0.3 is 5.32 Å². The molecule has 0 spiro atoms. The predicted molar refractivity (Wildman–Crippen MR) is 84.7 cm³/mol. The van der Waals surface area contributed by atoms with Crippen molar-refractivity contribution in [2.24, 2.45) is 0 Å². The van der Waals surface area contributed by atoms with Crippen LogP contribution in [0.15, 0.2) is 29.2 Å². The molecule has 1 atom stereocenters. The minimum absolute atomic E-state index is 0.321. The van der Waals surface area contributed by atoms with Crippen molar-refractivity contribution in [2.45, 2.75) is 37.2 Å². The highest BCUT2D eigenvalue weighted by Gasteiger charge is 2.25. The average molecular weight is 311 g/mol. The molecule has 1 aromatic carbocycles. The Balaban J connectivity index is 2.08. The van der Waals surface area contributed by atoms with Crippen LogP contribution in [-0.4, -0.2) is 46.0 Å². The zero-order chi connectivity index (χ0) is 15.3. The van der Waals surface area contributed by atoms with Crippen LogP contribution >= 0.6 is 0 Å². The normalized spacial score (nSPS) is 20.0. The van der Waals surface area contributed by atoms with Crippen LogP contribution in [0.1, 0.15) is 25.3 Å². The monoisotopic (exact) mass is 311 g/mol. The molecule has 1 fully saturated rings. The molecule has 5 nitrogen and oxygen atoms in total. The SMILES string of the molecule is CCN1CCCC1CNS(=O)(=O)c1ccccc1CNC. The second-order valence-corrected chi connectivity index (χ2v) is 7.15. The van der Waals surface area contributed by atoms with Crippen molar-refractivity contribution in [3.05, 3.63) is 29.8 Å². The molecule has 2 rings (SSSR count). The lowest BCUT2D eigenvalue weighted by molar-refractivity contribution is 0.268. The summed E-state index contributed by atoms with van der Waals surface area (Å²) >= 11 is 0. The summed E-state index contributed by atoms with van der Waals surface area (Å²) in [5.41, 5.74) is 0.797. The molecule has 0 bridgehead atoms. The molecule has 118 valence electrons. The molecule has 6 heteroatoms. The fraction of sp³-hybridized carbons (Fsp3) is 0.600. The molecule has 1 saturated heterocycles. The van der Waals surface area contributed by atoms with E-state index in [0.29, 0.717) is 24.0 Å². The lowest BCUT2D eigenvalue weighted by Crippen LogP contribution is -2.40. The largest absolute Gasteiger partial charge is 0.316 e. The predicted octanol–water partition coefficient (Wildman–Crippen LogP) is 1.17. The molecular weight excluding hydrogens is 286 g/mol. The van der Waals surface area contributed by atoms with Crippen molar-refractivity contribution in [3.63, 3.8) is 0 Å². The van der Waals surface area contributed by atoms with E-state index in [2.05, 4.69) is 21.9 Å². The number of nitrogens with zero attached hydrogens (tertiary/aromatic N) is 1. The molecule has 1 aliphatic rings. The average Bonchev–Trinajstić information content (AvgIpc) is 2.93. The Hall–Kier alpha value is -0.950. The Kier molecular flexibility index (Phi) is 5.75. The van der Waals surface area contributed by atoms with E-state index in [1.54, 1.807) is 12.1 Å². The van der Waals surface area contributed by atoms with E-state index in [1.807, 2.05) is 19.2 Å². The van der Waals surface area contributed by atoms with Gasteiger partial charge in [-0.2, -0.15) is 0 Å². The molecule has 0 saturated carbocycles. The van der Waals surface area contributed by atoms with E-state index in [0.717, 1.165) is 31.5 Å². The summed E-state index contributed by atoms with van der Waals surface area (Å²) in [7, 11) is -1.63. The minimum Gasteiger partial charge on any atom is -0.316 e. The molecule has 2 N–H and O–H groups in total. The molecule has 0 radical (unpaired) electrons. The summed E-state index contributed by atoms with van der Waals surface area (Å²) < 4.78 is 27.8. The van der Waals surface area contributed by atoms with Gasteiger partial charge in [0, 0.05) is 19.1 Å². The van der Waals surface area contributed by atoms with Crippen LogP contribution in [-0.2, 0) is 16.6 Å². The molecular formula is C15H25N3O2S. The molecule has 0 aromatic heterocycles. The van der Waals surface area contributed by atoms with E-state index in [9.17, 15) is 8.42 Å². The van der Waals surface area contributed by atoms with E-state index >= 15 is 0 Å². The molecule has 1 heterocycles. The first-order valence-electron chi connectivity index (χ1n) is 7.54. The van der Waals surface area contributed by atoms with Gasteiger partial charge in [0.15, 0.2) is 0 Å². The first kappa shape index (κ1) is 16.4. The number of benzene rings is 1. The topological polar surface area (TPSA) is 61.4 Å². The first-order chi connectivity index (χ1) is 10.1. The Morgan fingerprint density at radius 3 is 2.81 bits per heavy atom. The van der Waals surface area contributed by atoms with Gasteiger partial charge in [-0.25, -0.2) is 13.1 Å². The summed E-state index contributed by atoms with van der Waals surface area (Å²) in [5, 5.41) is 3.01. The van der Waals surface area contributed by atoms with Crippen molar-refractivity contribution >= 4 is 10.0 Å². The Morgan fingerprint density at radius 1 is 1.33 bits per heavy atom. The smallest absolute Gasteiger partial charge is 0.240 e. The maximum atomic E-state index is 12.5. The van der Waals surface area contributed by atoms with E-state index in [-0.39, 0.29) is 0 Å². The van der Waals surface area contributed by atoms with Gasteiger partial charge in [-0.3, -0.25) is 4.90 Å². The summed E-state index contributed by atoms with van der Waals surface area (Å²) in [6, 6.07) is 7.46. The summed E-state index contributed by atoms with van der Waals surface area (Å²) in [4.78, 5) is 2.71. The number of hydrogen-bond donors (Lipinski definition) is 2. The van der Waals surface area contributed by atoms with Crippen LogP contribution in [0.3, 0.4) is 0 Å². The van der Waals surface area contributed by atoms with Crippen LogP contribution in [0.4, 0.5) is 0 Å². The Bertz CT molecular complexity index is 560. The molecule has 1 aliphatic heterocycles. The first-order valence-corrected chi connectivity index (χ1v) is 9.03. The third-order valence-corrected chi connectivity index (χ3v) is 5.57. The van der Waals surface area contributed by atoms with Crippen molar-refractivity contribution < 1.29 is 8.42 Å². The van der Waals surface area contributed by atoms with Crippen molar-refractivity contribution in [3.8, 4) is 0 Å². The lowest BCUT2D eigenvalue weighted by Gasteiger charge is -2.23. The Morgan fingerprint density at radius 2 is 2.10 bits per heavy atom. The number of likely N-dealkylation sites (N-methyl/N-ethyl adjacent to an activating group) is 1. The fourth-order valence-electron chi connectivity index (χ4n) is 2.93. The zero-order valence-electron chi connectivity index (χ0n) is 12.8. The van der Waals surface area contributed by atoms with Crippen LogP contribution in [0.25, 0.3) is 0 Å². The van der Waals surface area contributed by atoms with Crippen molar-refractivity contribution in [1.29, 1.82) is 0 Å². The van der Waals surface area contributed by atoms with E-state index in [4.69, 9.17) is 0 Å². The maximum Gasteiger partial charge on any atom is 0.240 e. The van der Waals surface area contributed by atoms with Gasteiger partial charge in [-0.15, -0.1) is 0 Å². The third kappa shape index (κ3) is 4.03. The highest BCUT2D eigenvalue weighted by molar-refractivity contribution is 7.89. The molecule has 0 amide bonds. The van der Waals surface area contributed by atoms with Gasteiger partial charge in [0.25, 0.3) is 0 Å². The van der Waals surface area contributed by atoms with Gasteiger partial charge in [0.1, 0.15) is 0 Å². The number of sulfonamides is 1. The number of nitrogens with one attached hydrogen (secondary N) is 2. The van der Waals surface area contributed by atoms with Crippen molar-refractivity contribution in [2.75, 3.05) is 26.7 Å². The number of likely N-dealkylation sites (tertiary alicyclic amines) is 1. The highest BCUT2D eigenvalue weighted by Crippen LogP contribution is 2.18. The van der Waals surface area contributed by atoms with E-state index in [1.165, 1.54) is 0 Å². The fourth-order valence-corrected chi connectivity index (χ4v) is 4.24. The quantitative estimate of drug-likeness (QED) is 0.793. The van der Waals surface area contributed by atoms with Gasteiger partial charge in [-0.05, 0) is 44.6 Å². The standard InChI is InChI=1S/C15H25N3O2S/c1-3-18-10-6-8-14(18)12-17-21(19,20)15-9-5-4-7-13(15)11-16-2/h4-5,7,9,14,16-17H,3,6,8,10-12H2,1-2H3. The molecule has 0 aliphatic carbocycles. The Labute approximate surface area is 127 Å². The van der Waals surface area contributed by atoms with Crippen LogP contribution < -0.4 is 10.0 Å². The molecule has 21 heavy (non-hydrogen) atoms. The van der Waals surface area contributed by atoms with Crippen molar-refractivity contribution in [1.82, 2.24) is 14.9 Å². The van der Waals surface area contributed by atoms with Gasteiger partial charge >= 0.3 is 0 Å². The van der Waals surface area contributed by atoms with Crippen LogP contribution in [0.2, 0.25) is 0 Å². The molecule has 1 unspecified atom stereocenters. The zero-order valence-corrected chi connectivity index (χ0v) is 13.6. The minimum atomic E-state index is -3.45. The number of hydrogen-bond acceptors (Lipinski definition) is 4. The van der Waals surface area contributed by atoms with Gasteiger partial charge in [0.2, 0.25) is 10.0 Å². The summed E-state index contributed by atoms with van der Waals surface area (Å²) in [6.45, 7) is 5.20. The lowest BCUT2D eigenvalue weighted by atomic mass is 10.2. The second-order valence-electron chi connectivity index (χ2n) is 5.41. The van der Waals surface area contributed by atoms with Gasteiger partial charge in [0.05, 0.1) is 4.90 Å².